The molecule has 0 saturated carbocycles. The molecule has 174 valence electrons. The summed E-state index contributed by atoms with van der Waals surface area (Å²) < 4.78 is 5.97. The SMILES string of the molecule is C=C1COC2(CCN(C(=O)c3ccc(C)c(NC(=O)c4ccc(NCCO)nc4)c3)CC2)C1. The summed E-state index contributed by atoms with van der Waals surface area (Å²) in [7, 11) is 0. The molecule has 0 atom stereocenters. The molecule has 33 heavy (non-hydrogen) atoms. The van der Waals surface area contributed by atoms with Crippen LogP contribution in [-0.4, -0.2) is 65.3 Å². The Morgan fingerprint density at radius 2 is 1.97 bits per heavy atom. The van der Waals surface area contributed by atoms with Gasteiger partial charge < -0.3 is 25.4 Å². The van der Waals surface area contributed by atoms with E-state index in [0.29, 0.717) is 48.9 Å². The van der Waals surface area contributed by atoms with Gasteiger partial charge in [-0.1, -0.05) is 12.6 Å². The number of carbonyl (C=O) groups is 2. The topological polar surface area (TPSA) is 104 Å². The summed E-state index contributed by atoms with van der Waals surface area (Å²) in [5.41, 5.74) is 3.38. The van der Waals surface area contributed by atoms with Crippen LogP contribution in [0.4, 0.5) is 11.5 Å². The summed E-state index contributed by atoms with van der Waals surface area (Å²) >= 11 is 0. The lowest BCUT2D eigenvalue weighted by atomic mass is 9.87. The number of benzene rings is 1. The molecule has 1 spiro atoms. The molecule has 0 aliphatic carbocycles. The molecule has 3 heterocycles. The highest BCUT2D eigenvalue weighted by atomic mass is 16.5. The van der Waals surface area contributed by atoms with Crippen LogP contribution in [0.5, 0.6) is 0 Å². The number of ether oxygens (including phenoxy) is 1. The van der Waals surface area contributed by atoms with Crippen molar-refractivity contribution in [3.8, 4) is 0 Å². The van der Waals surface area contributed by atoms with Crippen LogP contribution < -0.4 is 10.6 Å². The lowest BCUT2D eigenvalue weighted by Crippen LogP contribution is -2.46. The van der Waals surface area contributed by atoms with Crippen LogP contribution in [0.1, 0.15) is 45.5 Å². The zero-order valence-corrected chi connectivity index (χ0v) is 18.9. The summed E-state index contributed by atoms with van der Waals surface area (Å²) in [6, 6.07) is 8.73. The molecule has 2 aliphatic heterocycles. The number of aryl methyl sites for hydroxylation is 1. The summed E-state index contributed by atoms with van der Waals surface area (Å²) in [6.45, 7) is 8.21. The van der Waals surface area contributed by atoms with Crippen molar-refractivity contribution in [2.24, 2.45) is 0 Å². The fourth-order valence-corrected chi connectivity index (χ4v) is 4.33. The van der Waals surface area contributed by atoms with Crippen molar-refractivity contribution in [2.45, 2.75) is 31.8 Å². The van der Waals surface area contributed by atoms with Crippen LogP contribution in [0.25, 0.3) is 0 Å². The third kappa shape index (κ3) is 5.23. The first kappa shape index (κ1) is 22.9. The first-order valence-electron chi connectivity index (χ1n) is 11.2. The second-order valence-corrected chi connectivity index (χ2v) is 8.76. The van der Waals surface area contributed by atoms with Gasteiger partial charge in [-0.2, -0.15) is 0 Å². The Morgan fingerprint density at radius 1 is 1.21 bits per heavy atom. The molecule has 3 N–H and O–H groups in total. The van der Waals surface area contributed by atoms with Gasteiger partial charge in [0.2, 0.25) is 0 Å². The van der Waals surface area contributed by atoms with E-state index in [9.17, 15) is 9.59 Å². The van der Waals surface area contributed by atoms with Gasteiger partial charge in [-0.15, -0.1) is 0 Å². The predicted octanol–water partition coefficient (Wildman–Crippen LogP) is 3.00. The van der Waals surface area contributed by atoms with E-state index in [2.05, 4.69) is 22.2 Å². The van der Waals surface area contributed by atoms with Gasteiger partial charge in [0.05, 0.1) is 24.4 Å². The molecule has 1 aromatic heterocycles. The summed E-state index contributed by atoms with van der Waals surface area (Å²) in [5, 5.41) is 14.7. The first-order chi connectivity index (χ1) is 15.9. The monoisotopic (exact) mass is 450 g/mol. The highest BCUT2D eigenvalue weighted by Crippen LogP contribution is 2.38. The van der Waals surface area contributed by atoms with Gasteiger partial charge >= 0.3 is 0 Å². The van der Waals surface area contributed by atoms with Crippen molar-refractivity contribution in [3.63, 3.8) is 0 Å². The average Bonchev–Trinajstić information content (AvgIpc) is 3.19. The van der Waals surface area contributed by atoms with Gasteiger partial charge in [0, 0.05) is 37.1 Å². The van der Waals surface area contributed by atoms with E-state index < -0.39 is 0 Å². The highest BCUT2D eigenvalue weighted by molar-refractivity contribution is 6.05. The predicted molar refractivity (Wildman–Crippen MR) is 127 cm³/mol. The maximum atomic E-state index is 13.1. The highest BCUT2D eigenvalue weighted by Gasteiger charge is 2.40. The Balaban J connectivity index is 1.40. The van der Waals surface area contributed by atoms with Gasteiger partial charge in [0.25, 0.3) is 11.8 Å². The lowest BCUT2D eigenvalue weighted by Gasteiger charge is -2.38. The Hall–Kier alpha value is -3.23. The Bertz CT molecular complexity index is 1040. The van der Waals surface area contributed by atoms with Crippen LogP contribution in [0.3, 0.4) is 0 Å². The zero-order chi connectivity index (χ0) is 23.4. The number of aliphatic hydroxyl groups excluding tert-OH is 1. The van der Waals surface area contributed by atoms with Gasteiger partial charge in [-0.25, -0.2) is 4.98 Å². The number of hydrogen-bond donors (Lipinski definition) is 3. The molecule has 1 aromatic carbocycles. The Morgan fingerprint density at radius 3 is 2.61 bits per heavy atom. The normalized spacial score (nSPS) is 17.3. The van der Waals surface area contributed by atoms with Gasteiger partial charge in [0.15, 0.2) is 0 Å². The maximum absolute atomic E-state index is 13.1. The van der Waals surface area contributed by atoms with Crippen molar-refractivity contribution < 1.29 is 19.4 Å². The van der Waals surface area contributed by atoms with E-state index in [-0.39, 0.29) is 24.0 Å². The molecule has 8 nitrogen and oxygen atoms in total. The number of anilines is 2. The van der Waals surface area contributed by atoms with Crippen LogP contribution in [0, 0.1) is 6.92 Å². The third-order valence-corrected chi connectivity index (χ3v) is 6.29. The average molecular weight is 451 g/mol. The van der Waals surface area contributed by atoms with E-state index in [0.717, 1.165) is 30.4 Å². The smallest absolute Gasteiger partial charge is 0.257 e. The molecule has 0 bridgehead atoms. The summed E-state index contributed by atoms with van der Waals surface area (Å²) in [5.74, 6) is 0.237. The second kappa shape index (κ2) is 9.72. The molecular weight excluding hydrogens is 420 g/mol. The number of amides is 2. The van der Waals surface area contributed by atoms with Crippen molar-refractivity contribution in [3.05, 3.63) is 65.4 Å². The van der Waals surface area contributed by atoms with Crippen LogP contribution in [0.15, 0.2) is 48.7 Å². The molecule has 2 amide bonds. The minimum atomic E-state index is -0.303. The number of piperidine rings is 1. The molecule has 0 radical (unpaired) electrons. The number of carbonyl (C=O) groups excluding carboxylic acids is 2. The van der Waals surface area contributed by atoms with Crippen LogP contribution >= 0.6 is 0 Å². The number of rotatable bonds is 6. The van der Waals surface area contributed by atoms with Crippen LogP contribution in [-0.2, 0) is 4.74 Å². The van der Waals surface area contributed by atoms with E-state index in [1.165, 1.54) is 6.20 Å². The maximum Gasteiger partial charge on any atom is 0.257 e. The molecule has 4 rings (SSSR count). The van der Waals surface area contributed by atoms with Crippen molar-refractivity contribution in [2.75, 3.05) is 43.5 Å². The minimum absolute atomic E-state index is 0.0000874. The third-order valence-electron chi connectivity index (χ3n) is 6.29. The first-order valence-corrected chi connectivity index (χ1v) is 11.2. The van der Waals surface area contributed by atoms with Crippen molar-refractivity contribution in [1.82, 2.24) is 9.88 Å². The number of likely N-dealkylation sites (tertiary alicyclic amines) is 1. The number of nitrogens with zero attached hydrogens (tertiary/aromatic N) is 2. The Labute approximate surface area is 193 Å². The summed E-state index contributed by atoms with van der Waals surface area (Å²) in [6.07, 6.45) is 3.97. The summed E-state index contributed by atoms with van der Waals surface area (Å²) in [4.78, 5) is 31.9. The van der Waals surface area contributed by atoms with Crippen LogP contribution in [0.2, 0.25) is 0 Å². The molecule has 2 aromatic rings. The number of pyridine rings is 1. The minimum Gasteiger partial charge on any atom is -0.395 e. The van der Waals surface area contributed by atoms with E-state index in [1.54, 1.807) is 24.3 Å². The molecule has 2 fully saturated rings. The van der Waals surface area contributed by atoms with E-state index in [1.807, 2.05) is 17.9 Å². The van der Waals surface area contributed by atoms with Gasteiger partial charge in [0.1, 0.15) is 5.82 Å². The molecule has 0 unspecified atom stereocenters. The largest absolute Gasteiger partial charge is 0.395 e. The quantitative estimate of drug-likeness (QED) is 0.585. The fourth-order valence-electron chi connectivity index (χ4n) is 4.33. The zero-order valence-electron chi connectivity index (χ0n) is 18.9. The van der Waals surface area contributed by atoms with Gasteiger partial charge in [-0.05, 0) is 61.6 Å². The van der Waals surface area contributed by atoms with E-state index in [4.69, 9.17) is 9.84 Å². The van der Waals surface area contributed by atoms with Gasteiger partial charge in [-0.3, -0.25) is 9.59 Å². The van der Waals surface area contributed by atoms with Crippen molar-refractivity contribution in [1.29, 1.82) is 0 Å². The fraction of sp³-hybridized carbons (Fsp3) is 0.400. The van der Waals surface area contributed by atoms with Crippen molar-refractivity contribution >= 4 is 23.3 Å². The number of hydrogen-bond acceptors (Lipinski definition) is 6. The molecular formula is C25H30N4O4. The number of aliphatic hydroxyl groups is 1. The molecule has 2 aliphatic rings. The lowest BCUT2D eigenvalue weighted by molar-refractivity contribution is -0.0384. The van der Waals surface area contributed by atoms with E-state index >= 15 is 0 Å². The number of aromatic nitrogens is 1. The standard InChI is InChI=1S/C25H30N4O4/c1-17-14-25(33-16-17)7-10-29(11-8-25)24(32)19-4-3-18(2)21(13-19)28-23(31)20-5-6-22(27-15-20)26-9-12-30/h3-6,13,15,30H,1,7-12,14,16H2,2H3,(H,26,27)(H,28,31). The second-order valence-electron chi connectivity index (χ2n) is 8.76. The Kier molecular flexibility index (Phi) is 6.76. The molecule has 2 saturated heterocycles. The number of nitrogens with one attached hydrogen (secondary N) is 2. The molecule has 8 heteroatoms.